The van der Waals surface area contributed by atoms with Crippen molar-refractivity contribution in [2.45, 2.75) is 25.8 Å². The van der Waals surface area contributed by atoms with Crippen molar-refractivity contribution >= 4 is 0 Å². The maximum absolute atomic E-state index is 10.7. The number of rotatable bonds is 1. The minimum atomic E-state index is 0.218. The molecule has 0 amide bonds. The minimum absolute atomic E-state index is 0.218. The molecule has 0 aromatic rings. The molecule has 1 radical (unpaired) electrons. The third-order valence-electron chi connectivity index (χ3n) is 1.63. The highest BCUT2D eigenvalue weighted by atomic mass is 16.3. The first kappa shape index (κ1) is 5.73. The fourth-order valence-corrected chi connectivity index (χ4v) is 1.10. The molecule has 0 aliphatic carbocycles. The Balaban J connectivity index is 2.42. The van der Waals surface area contributed by atoms with Crippen molar-refractivity contribution in [1.82, 2.24) is 0 Å². The summed E-state index contributed by atoms with van der Waals surface area (Å²) in [6, 6.07) is 0.218. The van der Waals surface area contributed by atoms with Gasteiger partial charge in [0.2, 0.25) is 6.04 Å². The van der Waals surface area contributed by atoms with E-state index in [0.29, 0.717) is 0 Å². The molecule has 0 saturated carbocycles. The molecule has 2 nitrogen and oxygen atoms in total. The van der Waals surface area contributed by atoms with Crippen LogP contribution in [0.2, 0.25) is 0 Å². The van der Waals surface area contributed by atoms with Crippen LogP contribution in [0.1, 0.15) is 19.8 Å². The van der Waals surface area contributed by atoms with Crippen LogP contribution in [0.3, 0.4) is 0 Å². The molecular weight excluding hydrogens is 102 g/mol. The van der Waals surface area contributed by atoms with Gasteiger partial charge in [-0.15, -0.1) is 0 Å². The summed E-state index contributed by atoms with van der Waals surface area (Å²) in [4.78, 5) is 10.7. The molecule has 0 spiro atoms. The Morgan fingerprint density at radius 2 is 2.50 bits per heavy atom. The predicted octanol–water partition coefficient (Wildman–Crippen LogP) is 1.15. The van der Waals surface area contributed by atoms with E-state index >= 15 is 0 Å². The highest BCUT2D eigenvalue weighted by Gasteiger charge is 2.29. The van der Waals surface area contributed by atoms with E-state index in [4.69, 9.17) is 0 Å². The third-order valence-corrected chi connectivity index (χ3v) is 1.63. The molecule has 1 aliphatic heterocycles. The van der Waals surface area contributed by atoms with Gasteiger partial charge in [-0.25, -0.2) is 0 Å². The van der Waals surface area contributed by atoms with E-state index in [9.17, 15) is 4.91 Å². The summed E-state index contributed by atoms with van der Waals surface area (Å²) in [6.45, 7) is 2.68. The number of nitrogens with zero attached hydrogens (tertiary/aromatic N) is 1. The van der Waals surface area contributed by atoms with Gasteiger partial charge in [-0.2, -0.15) is 0 Å². The molecule has 1 saturated heterocycles. The molecular formula is C6H11NO+. The van der Waals surface area contributed by atoms with Crippen LogP contribution in [0, 0.1) is 11.3 Å². The van der Waals surface area contributed by atoms with Gasteiger partial charge in [0.05, 0.1) is 0 Å². The SMILES string of the molecule is C[CH]C1CCC[N+]1=O. The number of hydrogen-bond acceptors (Lipinski definition) is 1. The Morgan fingerprint density at radius 3 is 2.75 bits per heavy atom. The Morgan fingerprint density at radius 1 is 1.75 bits per heavy atom. The van der Waals surface area contributed by atoms with Gasteiger partial charge < -0.3 is 0 Å². The fourth-order valence-electron chi connectivity index (χ4n) is 1.10. The zero-order valence-corrected chi connectivity index (χ0v) is 5.13. The smallest absolute Gasteiger partial charge is 0.0555 e. The average Bonchev–Trinajstić information content (AvgIpc) is 2.14. The maximum atomic E-state index is 10.7. The van der Waals surface area contributed by atoms with E-state index in [1.54, 1.807) is 0 Å². The standard InChI is InChI=1S/C6H11NO/c1-2-6-4-3-5-7(6)8/h2,6H,3-5H2,1H3/q+1. The van der Waals surface area contributed by atoms with E-state index in [0.717, 1.165) is 24.1 Å². The summed E-state index contributed by atoms with van der Waals surface area (Å²) in [5, 5.41) is 0. The van der Waals surface area contributed by atoms with Gasteiger partial charge in [-0.05, 0) is 0 Å². The lowest BCUT2D eigenvalue weighted by Crippen LogP contribution is -2.14. The van der Waals surface area contributed by atoms with Gasteiger partial charge in [0.15, 0.2) is 6.54 Å². The van der Waals surface area contributed by atoms with Crippen molar-refractivity contribution < 1.29 is 4.76 Å². The number of hydrogen-bond donors (Lipinski definition) is 0. The zero-order valence-electron chi connectivity index (χ0n) is 5.13. The van der Waals surface area contributed by atoms with Crippen molar-refractivity contribution in [2.75, 3.05) is 6.54 Å². The monoisotopic (exact) mass is 113 g/mol. The second kappa shape index (κ2) is 2.25. The van der Waals surface area contributed by atoms with Crippen molar-refractivity contribution in [3.05, 3.63) is 11.3 Å². The minimum Gasteiger partial charge on any atom is -0.0555 e. The number of nitroso groups, excluding NO2 is 1. The van der Waals surface area contributed by atoms with Gasteiger partial charge in [-0.3, -0.25) is 0 Å². The molecule has 1 fully saturated rings. The maximum Gasteiger partial charge on any atom is 0.204 e. The normalized spacial score (nSPS) is 29.1. The summed E-state index contributed by atoms with van der Waals surface area (Å²) in [6.07, 6.45) is 4.10. The van der Waals surface area contributed by atoms with Crippen LogP contribution in [-0.4, -0.2) is 17.3 Å². The first-order valence-corrected chi connectivity index (χ1v) is 3.08. The van der Waals surface area contributed by atoms with Crippen LogP contribution in [-0.2, 0) is 0 Å². The van der Waals surface area contributed by atoms with E-state index < -0.39 is 0 Å². The molecule has 1 heterocycles. The second-order valence-corrected chi connectivity index (χ2v) is 2.18. The zero-order chi connectivity index (χ0) is 5.98. The highest BCUT2D eigenvalue weighted by molar-refractivity contribution is 4.73. The summed E-state index contributed by atoms with van der Waals surface area (Å²) in [5.41, 5.74) is 0. The lowest BCUT2D eigenvalue weighted by atomic mass is 10.2. The summed E-state index contributed by atoms with van der Waals surface area (Å²) < 4.78 is 1.15. The first-order chi connectivity index (χ1) is 3.84. The van der Waals surface area contributed by atoms with Gasteiger partial charge >= 0.3 is 0 Å². The van der Waals surface area contributed by atoms with Gasteiger partial charge in [0, 0.05) is 28.9 Å². The first-order valence-electron chi connectivity index (χ1n) is 3.08. The molecule has 0 aromatic heterocycles. The molecule has 1 unspecified atom stereocenters. The molecule has 1 rings (SSSR count). The van der Waals surface area contributed by atoms with E-state index in [1.165, 1.54) is 0 Å². The second-order valence-electron chi connectivity index (χ2n) is 2.18. The van der Waals surface area contributed by atoms with Crippen LogP contribution >= 0.6 is 0 Å². The molecule has 0 bridgehead atoms. The molecule has 8 heavy (non-hydrogen) atoms. The average molecular weight is 113 g/mol. The van der Waals surface area contributed by atoms with Gasteiger partial charge in [0.1, 0.15) is 0 Å². The Hall–Kier alpha value is -0.400. The van der Waals surface area contributed by atoms with Crippen LogP contribution in [0.4, 0.5) is 0 Å². The van der Waals surface area contributed by atoms with Crippen LogP contribution in [0.25, 0.3) is 0 Å². The molecule has 0 N–H and O–H groups in total. The summed E-state index contributed by atoms with van der Waals surface area (Å²) in [7, 11) is 0. The largest absolute Gasteiger partial charge is 0.204 e. The van der Waals surface area contributed by atoms with Crippen molar-refractivity contribution in [2.24, 2.45) is 0 Å². The third kappa shape index (κ3) is 0.881. The molecule has 1 aliphatic rings. The quantitative estimate of drug-likeness (QED) is 0.467. The van der Waals surface area contributed by atoms with E-state index in [1.807, 2.05) is 13.3 Å². The van der Waals surface area contributed by atoms with Gasteiger partial charge in [-0.1, -0.05) is 6.92 Å². The lowest BCUT2D eigenvalue weighted by molar-refractivity contribution is -0.556. The van der Waals surface area contributed by atoms with Crippen molar-refractivity contribution in [1.29, 1.82) is 0 Å². The Bertz CT molecular complexity index is 101. The molecule has 1 atom stereocenters. The molecule has 0 aromatic carbocycles. The summed E-state index contributed by atoms with van der Waals surface area (Å²) in [5.74, 6) is 0. The summed E-state index contributed by atoms with van der Waals surface area (Å²) >= 11 is 0. The molecule has 45 valence electrons. The topological polar surface area (TPSA) is 20.1 Å². The van der Waals surface area contributed by atoms with E-state index in [-0.39, 0.29) is 6.04 Å². The van der Waals surface area contributed by atoms with Crippen LogP contribution < -0.4 is 0 Å². The lowest BCUT2D eigenvalue weighted by Gasteiger charge is -1.90. The highest BCUT2D eigenvalue weighted by Crippen LogP contribution is 2.12. The predicted molar refractivity (Wildman–Crippen MR) is 31.5 cm³/mol. The van der Waals surface area contributed by atoms with Crippen molar-refractivity contribution in [3.8, 4) is 0 Å². The van der Waals surface area contributed by atoms with Gasteiger partial charge in [0.25, 0.3) is 0 Å². The van der Waals surface area contributed by atoms with Crippen molar-refractivity contribution in [3.63, 3.8) is 0 Å². The van der Waals surface area contributed by atoms with Crippen LogP contribution in [0.5, 0.6) is 0 Å². The Labute approximate surface area is 49.5 Å². The van der Waals surface area contributed by atoms with E-state index in [2.05, 4.69) is 0 Å². The Kier molecular flexibility index (Phi) is 1.61. The fraction of sp³-hybridized carbons (Fsp3) is 0.833. The van der Waals surface area contributed by atoms with Crippen LogP contribution in [0.15, 0.2) is 0 Å². The molecule has 2 heteroatoms.